The minimum absolute atomic E-state index is 0. The summed E-state index contributed by atoms with van der Waals surface area (Å²) in [5.41, 5.74) is 1.36. The monoisotopic (exact) mass is 448 g/mol. The first-order valence-electron chi connectivity index (χ1n) is 9.79. The Bertz CT molecular complexity index is 910. The Kier molecular flexibility index (Phi) is 8.47. The Morgan fingerprint density at radius 1 is 1.03 bits per heavy atom. The number of likely N-dealkylation sites (N-methyl/N-ethyl adjacent to an activating group) is 1. The molecule has 160 valence electrons. The second-order valence-corrected chi connectivity index (χ2v) is 7.37. The Labute approximate surface area is 188 Å². The highest BCUT2D eigenvalue weighted by molar-refractivity contribution is 6.46. The number of nitrogens with zero attached hydrogens (tertiary/aromatic N) is 2. The molecule has 1 heterocycles. The van der Waals surface area contributed by atoms with E-state index in [0.29, 0.717) is 23.7 Å². The second-order valence-electron chi connectivity index (χ2n) is 6.94. The Morgan fingerprint density at radius 3 is 2.20 bits per heavy atom. The van der Waals surface area contributed by atoms with Crippen LogP contribution in [0.2, 0.25) is 5.02 Å². The van der Waals surface area contributed by atoms with Crippen molar-refractivity contribution >= 4 is 41.5 Å². The van der Waals surface area contributed by atoms with Crippen molar-refractivity contribution in [3.05, 3.63) is 76.3 Å². The Morgan fingerprint density at radius 2 is 1.63 bits per heavy atom. The van der Waals surface area contributed by atoms with Crippen molar-refractivity contribution in [3.63, 3.8) is 0 Å². The van der Waals surface area contributed by atoms with Crippen LogP contribution >= 0.6 is 24.0 Å². The third kappa shape index (κ3) is 4.86. The van der Waals surface area contributed by atoms with Crippen LogP contribution in [-0.2, 0) is 9.59 Å². The van der Waals surface area contributed by atoms with Gasteiger partial charge in [-0.05, 0) is 42.9 Å². The highest BCUT2D eigenvalue weighted by Crippen LogP contribution is 2.39. The van der Waals surface area contributed by atoms with Crippen LogP contribution in [0.1, 0.15) is 31.0 Å². The van der Waals surface area contributed by atoms with Crippen LogP contribution in [0, 0.1) is 0 Å². The van der Waals surface area contributed by atoms with Crippen molar-refractivity contribution in [1.29, 1.82) is 0 Å². The maximum absolute atomic E-state index is 12.9. The van der Waals surface area contributed by atoms with Gasteiger partial charge < -0.3 is 14.9 Å². The fraction of sp³-hybridized carbons (Fsp3) is 0.304. The van der Waals surface area contributed by atoms with Gasteiger partial charge in [-0.25, -0.2) is 0 Å². The van der Waals surface area contributed by atoms with Gasteiger partial charge in [-0.3, -0.25) is 9.59 Å². The Hall–Kier alpha value is -2.34. The van der Waals surface area contributed by atoms with E-state index in [1.807, 2.05) is 30.3 Å². The molecule has 0 aliphatic carbocycles. The lowest BCUT2D eigenvalue weighted by atomic mass is 9.95. The highest BCUT2D eigenvalue weighted by Gasteiger charge is 2.45. The fourth-order valence-electron chi connectivity index (χ4n) is 3.64. The summed E-state index contributed by atoms with van der Waals surface area (Å²) in [5, 5.41) is 11.5. The van der Waals surface area contributed by atoms with Crippen LogP contribution in [-0.4, -0.2) is 52.8 Å². The molecule has 1 amide bonds. The van der Waals surface area contributed by atoms with Gasteiger partial charge in [0.2, 0.25) is 0 Å². The van der Waals surface area contributed by atoms with Crippen molar-refractivity contribution in [1.82, 2.24) is 9.80 Å². The van der Waals surface area contributed by atoms with Crippen molar-refractivity contribution in [2.24, 2.45) is 0 Å². The summed E-state index contributed by atoms with van der Waals surface area (Å²) in [5.74, 6) is -1.42. The minimum Gasteiger partial charge on any atom is -0.507 e. The van der Waals surface area contributed by atoms with Crippen molar-refractivity contribution < 1.29 is 14.7 Å². The normalized spacial score (nSPS) is 18.0. The predicted molar refractivity (Wildman–Crippen MR) is 122 cm³/mol. The number of carbonyl (C=O) groups excluding carboxylic acids is 2. The van der Waals surface area contributed by atoms with Crippen LogP contribution < -0.4 is 0 Å². The number of benzene rings is 2. The molecule has 1 aliphatic rings. The summed E-state index contributed by atoms with van der Waals surface area (Å²) >= 11 is 5.94. The molecule has 0 aromatic heterocycles. The average molecular weight is 449 g/mol. The lowest BCUT2D eigenvalue weighted by molar-refractivity contribution is -0.140. The van der Waals surface area contributed by atoms with Gasteiger partial charge in [0.05, 0.1) is 11.6 Å². The van der Waals surface area contributed by atoms with Gasteiger partial charge in [-0.2, -0.15) is 0 Å². The van der Waals surface area contributed by atoms with Gasteiger partial charge in [-0.1, -0.05) is 55.8 Å². The molecular formula is C23H26Cl2N2O3. The third-order valence-corrected chi connectivity index (χ3v) is 5.58. The number of hydrogen-bond donors (Lipinski definition) is 1. The summed E-state index contributed by atoms with van der Waals surface area (Å²) in [7, 11) is 0. The van der Waals surface area contributed by atoms with E-state index in [9.17, 15) is 14.7 Å². The standard InChI is InChI=1S/C23H25ClN2O3.ClH/c1-3-25(4-2)14-15-26-20(16-8-6-5-7-9-16)19(22(28)23(26)29)21(27)17-10-12-18(24)13-11-17;/h5-13,20,27H,3-4,14-15H2,1-2H3;1H/b21-19-;. The van der Waals surface area contributed by atoms with E-state index >= 15 is 0 Å². The molecule has 3 rings (SSSR count). The summed E-state index contributed by atoms with van der Waals surface area (Å²) in [6, 6.07) is 15.3. The van der Waals surface area contributed by atoms with Crippen LogP contribution in [0.25, 0.3) is 5.76 Å². The Balaban J connectivity index is 0.00000320. The molecule has 1 N–H and O–H groups in total. The van der Waals surface area contributed by atoms with Crippen molar-refractivity contribution in [2.75, 3.05) is 26.2 Å². The topological polar surface area (TPSA) is 60.9 Å². The molecule has 1 fully saturated rings. The van der Waals surface area contributed by atoms with Gasteiger partial charge in [0.1, 0.15) is 5.76 Å². The van der Waals surface area contributed by atoms with E-state index in [2.05, 4.69) is 18.7 Å². The molecule has 0 saturated carbocycles. The molecular weight excluding hydrogens is 423 g/mol. The lowest BCUT2D eigenvalue weighted by Gasteiger charge is -2.28. The van der Waals surface area contributed by atoms with Gasteiger partial charge in [-0.15, -0.1) is 12.4 Å². The summed E-state index contributed by atoms with van der Waals surface area (Å²) in [4.78, 5) is 29.5. The van der Waals surface area contributed by atoms with E-state index in [0.717, 1.165) is 18.7 Å². The van der Waals surface area contributed by atoms with Gasteiger partial charge >= 0.3 is 0 Å². The molecule has 0 radical (unpaired) electrons. The summed E-state index contributed by atoms with van der Waals surface area (Å²) in [6.45, 7) is 6.91. The van der Waals surface area contributed by atoms with Crippen molar-refractivity contribution in [3.8, 4) is 0 Å². The third-order valence-electron chi connectivity index (χ3n) is 5.32. The molecule has 2 aromatic rings. The van der Waals surface area contributed by atoms with E-state index in [1.54, 1.807) is 29.2 Å². The number of aliphatic hydroxyl groups excluding tert-OH is 1. The number of hydrogen-bond acceptors (Lipinski definition) is 4. The van der Waals surface area contributed by atoms with Gasteiger partial charge in [0.15, 0.2) is 0 Å². The number of ketones is 1. The number of Topliss-reactive ketones (excluding diaryl/α,β-unsaturated/α-hetero) is 1. The minimum atomic E-state index is -0.661. The quantitative estimate of drug-likeness (QED) is 0.384. The van der Waals surface area contributed by atoms with Crippen LogP contribution in [0.4, 0.5) is 0 Å². The van der Waals surface area contributed by atoms with E-state index in [-0.39, 0.29) is 23.7 Å². The van der Waals surface area contributed by atoms with Gasteiger partial charge in [0, 0.05) is 23.7 Å². The number of likely N-dealkylation sites (tertiary alicyclic amines) is 1. The average Bonchev–Trinajstić information content (AvgIpc) is 3.00. The first-order valence-corrected chi connectivity index (χ1v) is 10.2. The van der Waals surface area contributed by atoms with Crippen LogP contribution in [0.15, 0.2) is 60.2 Å². The summed E-state index contributed by atoms with van der Waals surface area (Å²) < 4.78 is 0. The van der Waals surface area contributed by atoms with E-state index < -0.39 is 17.7 Å². The number of rotatable bonds is 7. The molecule has 1 atom stereocenters. The zero-order valence-electron chi connectivity index (χ0n) is 17.0. The van der Waals surface area contributed by atoms with Crippen LogP contribution in [0.5, 0.6) is 0 Å². The van der Waals surface area contributed by atoms with Crippen LogP contribution in [0.3, 0.4) is 0 Å². The second kappa shape index (κ2) is 10.6. The van der Waals surface area contributed by atoms with E-state index in [1.165, 1.54) is 0 Å². The number of halogens is 2. The summed E-state index contributed by atoms with van der Waals surface area (Å²) in [6.07, 6.45) is 0. The molecule has 5 nitrogen and oxygen atoms in total. The first-order chi connectivity index (χ1) is 14.0. The molecule has 30 heavy (non-hydrogen) atoms. The molecule has 1 saturated heterocycles. The molecule has 2 aromatic carbocycles. The maximum atomic E-state index is 12.9. The lowest BCUT2D eigenvalue weighted by Crippen LogP contribution is -2.38. The smallest absolute Gasteiger partial charge is 0.295 e. The zero-order chi connectivity index (χ0) is 21.0. The first kappa shape index (κ1) is 23.9. The zero-order valence-corrected chi connectivity index (χ0v) is 18.6. The fourth-order valence-corrected chi connectivity index (χ4v) is 3.77. The predicted octanol–water partition coefficient (Wildman–Crippen LogP) is 4.53. The molecule has 1 unspecified atom stereocenters. The van der Waals surface area contributed by atoms with E-state index in [4.69, 9.17) is 11.6 Å². The SMILES string of the molecule is CCN(CC)CCN1C(=O)C(=O)/C(=C(\O)c2ccc(Cl)cc2)C1c1ccccc1.Cl. The largest absolute Gasteiger partial charge is 0.507 e. The number of aliphatic hydroxyl groups is 1. The molecule has 0 bridgehead atoms. The van der Waals surface area contributed by atoms with Gasteiger partial charge in [0.25, 0.3) is 11.7 Å². The number of amides is 1. The highest BCUT2D eigenvalue weighted by atomic mass is 35.5. The van der Waals surface area contributed by atoms with Crippen molar-refractivity contribution in [2.45, 2.75) is 19.9 Å². The molecule has 1 aliphatic heterocycles. The number of carbonyl (C=O) groups is 2. The molecule has 0 spiro atoms. The maximum Gasteiger partial charge on any atom is 0.295 e. The molecule has 7 heteroatoms.